The van der Waals surface area contributed by atoms with E-state index in [0.29, 0.717) is 6.54 Å². The number of thioether (sulfide) groups is 1. The molecule has 0 spiro atoms. The van der Waals surface area contributed by atoms with Crippen LogP contribution in [-0.2, 0) is 11.3 Å². The summed E-state index contributed by atoms with van der Waals surface area (Å²) >= 11 is 3.15. The molecule has 0 fully saturated rings. The lowest BCUT2D eigenvalue weighted by atomic mass is 10.2. The van der Waals surface area contributed by atoms with Gasteiger partial charge in [0.2, 0.25) is 5.13 Å². The number of halogens is 1. The predicted molar refractivity (Wildman–Crippen MR) is 80.9 cm³/mol. The van der Waals surface area contributed by atoms with Gasteiger partial charge in [0.15, 0.2) is 4.34 Å². The van der Waals surface area contributed by atoms with Crippen molar-refractivity contribution in [2.45, 2.75) is 17.8 Å². The molecule has 2 aromatic rings. The Balaban J connectivity index is 1.76. The second-order valence-electron chi connectivity index (χ2n) is 3.90. The Labute approximate surface area is 125 Å². The van der Waals surface area contributed by atoms with E-state index >= 15 is 0 Å². The first-order chi connectivity index (χ1) is 9.78. The normalized spacial score (nSPS) is 10.7. The van der Waals surface area contributed by atoms with Gasteiger partial charge >= 0.3 is 0 Å². The lowest BCUT2D eigenvalue weighted by Gasteiger charge is -2.01. The van der Waals surface area contributed by atoms with E-state index in [1.807, 2.05) is 6.92 Å². The molecule has 0 aliphatic carbocycles. The van der Waals surface area contributed by atoms with Crippen LogP contribution in [0.3, 0.4) is 0 Å². The topological polar surface area (TPSA) is 47.0 Å². The van der Waals surface area contributed by atoms with Crippen LogP contribution < -0.4 is 5.32 Å². The molecule has 1 N–H and O–H groups in total. The molecule has 0 atom stereocenters. The number of benzene rings is 1. The predicted octanol–water partition coefficient (Wildman–Crippen LogP) is 3.42. The van der Waals surface area contributed by atoms with Crippen molar-refractivity contribution in [3.8, 4) is 0 Å². The van der Waals surface area contributed by atoms with Crippen molar-refractivity contribution in [2.24, 2.45) is 0 Å². The monoisotopic (exact) mass is 313 g/mol. The number of anilines is 1. The molecule has 0 radical (unpaired) electrons. The van der Waals surface area contributed by atoms with Gasteiger partial charge in [-0.1, -0.05) is 35.2 Å². The average Bonchev–Trinajstić information content (AvgIpc) is 2.91. The van der Waals surface area contributed by atoms with E-state index in [1.54, 1.807) is 23.9 Å². The van der Waals surface area contributed by atoms with Crippen LogP contribution in [-0.4, -0.2) is 29.2 Å². The minimum Gasteiger partial charge on any atom is -0.381 e. The average molecular weight is 313 g/mol. The maximum absolute atomic E-state index is 12.8. The molecule has 108 valence electrons. The minimum absolute atomic E-state index is 0.224. The van der Waals surface area contributed by atoms with Crippen LogP contribution in [0.15, 0.2) is 28.6 Å². The fourth-order valence-electron chi connectivity index (χ4n) is 1.45. The highest BCUT2D eigenvalue weighted by molar-refractivity contribution is 8.01. The molecule has 1 heterocycles. The smallest absolute Gasteiger partial charge is 0.206 e. The molecule has 0 amide bonds. The largest absolute Gasteiger partial charge is 0.381 e. The van der Waals surface area contributed by atoms with Gasteiger partial charge in [0.25, 0.3) is 0 Å². The molecular formula is C13H16FN3OS2. The standard InChI is InChI=1S/C13H16FN3OS2/c1-2-18-7-8-19-13-17-16-12(20-13)15-9-10-3-5-11(14)6-4-10/h3-6H,2,7-9H2,1H3,(H,15,16). The highest BCUT2D eigenvalue weighted by atomic mass is 32.2. The van der Waals surface area contributed by atoms with E-state index in [1.165, 1.54) is 23.5 Å². The third-order valence-corrected chi connectivity index (χ3v) is 4.40. The molecular weight excluding hydrogens is 297 g/mol. The van der Waals surface area contributed by atoms with Crippen molar-refractivity contribution in [1.29, 1.82) is 0 Å². The Morgan fingerprint density at radius 1 is 1.30 bits per heavy atom. The molecule has 7 heteroatoms. The van der Waals surface area contributed by atoms with Crippen LogP contribution >= 0.6 is 23.1 Å². The molecule has 0 unspecified atom stereocenters. The van der Waals surface area contributed by atoms with Gasteiger partial charge in [-0.3, -0.25) is 0 Å². The molecule has 0 aliphatic heterocycles. The van der Waals surface area contributed by atoms with Gasteiger partial charge in [0.1, 0.15) is 5.82 Å². The van der Waals surface area contributed by atoms with Crippen LogP contribution in [0.1, 0.15) is 12.5 Å². The second-order valence-corrected chi connectivity index (χ2v) is 6.22. The van der Waals surface area contributed by atoms with Crippen molar-refractivity contribution in [3.05, 3.63) is 35.6 Å². The van der Waals surface area contributed by atoms with Crippen molar-refractivity contribution in [1.82, 2.24) is 10.2 Å². The number of rotatable bonds is 8. The molecule has 20 heavy (non-hydrogen) atoms. The van der Waals surface area contributed by atoms with E-state index in [2.05, 4.69) is 15.5 Å². The quantitative estimate of drug-likeness (QED) is 0.598. The third-order valence-electron chi connectivity index (χ3n) is 2.42. The second kappa shape index (κ2) is 8.18. The van der Waals surface area contributed by atoms with Crippen LogP contribution in [0, 0.1) is 5.82 Å². The summed E-state index contributed by atoms with van der Waals surface area (Å²) in [5, 5.41) is 12.1. The summed E-state index contributed by atoms with van der Waals surface area (Å²) in [5.41, 5.74) is 1.01. The number of ether oxygens (including phenoxy) is 1. The highest BCUT2D eigenvalue weighted by Gasteiger charge is 2.04. The van der Waals surface area contributed by atoms with Gasteiger partial charge in [-0.2, -0.15) is 0 Å². The molecule has 0 saturated heterocycles. The lowest BCUT2D eigenvalue weighted by Crippen LogP contribution is -1.98. The van der Waals surface area contributed by atoms with E-state index < -0.39 is 0 Å². The molecule has 4 nitrogen and oxygen atoms in total. The fourth-order valence-corrected chi connectivity index (χ4v) is 3.12. The fraction of sp³-hybridized carbons (Fsp3) is 0.385. The van der Waals surface area contributed by atoms with E-state index in [4.69, 9.17) is 4.74 Å². The summed E-state index contributed by atoms with van der Waals surface area (Å²) in [6.45, 7) is 4.05. The Bertz CT molecular complexity index is 519. The van der Waals surface area contributed by atoms with E-state index in [0.717, 1.165) is 34.0 Å². The number of hydrogen-bond donors (Lipinski definition) is 1. The zero-order chi connectivity index (χ0) is 14.2. The van der Waals surface area contributed by atoms with Crippen LogP contribution in [0.4, 0.5) is 9.52 Å². The van der Waals surface area contributed by atoms with Gasteiger partial charge in [-0.15, -0.1) is 10.2 Å². The molecule has 2 rings (SSSR count). The van der Waals surface area contributed by atoms with Crippen molar-refractivity contribution in [2.75, 3.05) is 24.3 Å². The molecule has 0 bridgehead atoms. The number of nitrogens with one attached hydrogen (secondary N) is 1. The van der Waals surface area contributed by atoms with Crippen LogP contribution in [0.25, 0.3) is 0 Å². The zero-order valence-electron chi connectivity index (χ0n) is 11.1. The zero-order valence-corrected chi connectivity index (χ0v) is 12.8. The Morgan fingerprint density at radius 2 is 2.10 bits per heavy atom. The first kappa shape index (κ1) is 15.2. The SMILES string of the molecule is CCOCCSc1nnc(NCc2ccc(F)cc2)s1. The Hall–Kier alpha value is -1.18. The van der Waals surface area contributed by atoms with Crippen LogP contribution in [0.5, 0.6) is 0 Å². The van der Waals surface area contributed by atoms with Crippen LogP contribution in [0.2, 0.25) is 0 Å². The lowest BCUT2D eigenvalue weighted by molar-refractivity contribution is 0.164. The Morgan fingerprint density at radius 3 is 2.85 bits per heavy atom. The maximum Gasteiger partial charge on any atom is 0.206 e. The third kappa shape index (κ3) is 5.07. The first-order valence-electron chi connectivity index (χ1n) is 6.30. The summed E-state index contributed by atoms with van der Waals surface area (Å²) in [6.07, 6.45) is 0. The summed E-state index contributed by atoms with van der Waals surface area (Å²) < 4.78 is 19.0. The van der Waals surface area contributed by atoms with Gasteiger partial charge in [0, 0.05) is 18.9 Å². The number of nitrogens with zero attached hydrogens (tertiary/aromatic N) is 2. The van der Waals surface area contributed by atoms with Gasteiger partial charge in [-0.05, 0) is 24.6 Å². The molecule has 0 aliphatic rings. The Kier molecular flexibility index (Phi) is 6.23. The van der Waals surface area contributed by atoms with Crippen molar-refractivity contribution >= 4 is 28.2 Å². The summed E-state index contributed by atoms with van der Waals surface area (Å²) in [7, 11) is 0. The first-order valence-corrected chi connectivity index (χ1v) is 8.10. The number of aromatic nitrogens is 2. The summed E-state index contributed by atoms with van der Waals surface area (Å²) in [6, 6.07) is 6.40. The minimum atomic E-state index is -0.224. The summed E-state index contributed by atoms with van der Waals surface area (Å²) in [4.78, 5) is 0. The molecule has 1 aromatic heterocycles. The maximum atomic E-state index is 12.8. The van der Waals surface area contributed by atoms with E-state index in [-0.39, 0.29) is 5.82 Å². The van der Waals surface area contributed by atoms with Crippen molar-refractivity contribution < 1.29 is 9.13 Å². The molecule has 1 aromatic carbocycles. The van der Waals surface area contributed by atoms with Gasteiger partial charge in [-0.25, -0.2) is 4.39 Å². The van der Waals surface area contributed by atoms with E-state index in [9.17, 15) is 4.39 Å². The number of hydrogen-bond acceptors (Lipinski definition) is 6. The highest BCUT2D eigenvalue weighted by Crippen LogP contribution is 2.25. The molecule has 0 saturated carbocycles. The summed E-state index contributed by atoms with van der Waals surface area (Å²) in [5.74, 6) is 0.651. The van der Waals surface area contributed by atoms with Gasteiger partial charge < -0.3 is 10.1 Å². The van der Waals surface area contributed by atoms with Crippen molar-refractivity contribution in [3.63, 3.8) is 0 Å². The van der Waals surface area contributed by atoms with Gasteiger partial charge in [0.05, 0.1) is 6.61 Å².